The van der Waals surface area contributed by atoms with Crippen LogP contribution in [0.15, 0.2) is 39.4 Å². The van der Waals surface area contributed by atoms with Gasteiger partial charge in [-0.1, -0.05) is 0 Å². The van der Waals surface area contributed by atoms with Crippen molar-refractivity contribution in [3.63, 3.8) is 0 Å². The van der Waals surface area contributed by atoms with Crippen molar-refractivity contribution in [2.24, 2.45) is 0 Å². The Morgan fingerprint density at radius 2 is 1.78 bits per heavy atom. The molecule has 0 N–H and O–H groups in total. The van der Waals surface area contributed by atoms with Gasteiger partial charge in [0.05, 0.1) is 0 Å². The van der Waals surface area contributed by atoms with Gasteiger partial charge in [0.25, 0.3) is 0 Å². The van der Waals surface area contributed by atoms with Crippen LogP contribution in [-0.4, -0.2) is 9.52 Å². The van der Waals surface area contributed by atoms with E-state index >= 15 is 0 Å². The minimum Gasteiger partial charge on any atom is -0.147 e. The van der Waals surface area contributed by atoms with Crippen LogP contribution in [0.2, 0.25) is 0 Å². The maximum absolute atomic E-state index is 2.34. The first-order valence-electron chi connectivity index (χ1n) is 5.33. The minimum absolute atomic E-state index is 0. The van der Waals surface area contributed by atoms with Crippen LogP contribution in [0.5, 0.6) is 0 Å². The quantitative estimate of drug-likeness (QED) is 0.715. The zero-order valence-corrected chi connectivity index (χ0v) is 16.0. The summed E-state index contributed by atoms with van der Waals surface area (Å²) < 4.78 is 1.59. The molecule has 1 aliphatic carbocycles. The summed E-state index contributed by atoms with van der Waals surface area (Å²) in [5.41, 5.74) is 2.94. The molecule has 0 unspecified atom stereocenters. The van der Waals surface area contributed by atoms with Crippen molar-refractivity contribution in [3.8, 4) is 0 Å². The van der Waals surface area contributed by atoms with Crippen molar-refractivity contribution < 1.29 is 20.4 Å². The summed E-state index contributed by atoms with van der Waals surface area (Å²) >= 11 is 2.27. The molecule has 1 aromatic rings. The van der Waals surface area contributed by atoms with E-state index in [9.17, 15) is 0 Å². The van der Waals surface area contributed by atoms with E-state index in [4.69, 9.17) is 0 Å². The first-order chi connectivity index (χ1) is 7.18. The smallest absolute Gasteiger partial charge is 0.147 e. The Hall–Kier alpha value is 0.501. The minimum atomic E-state index is -0.240. The van der Waals surface area contributed by atoms with Crippen LogP contribution in [0.1, 0.15) is 17.5 Å². The zero-order chi connectivity index (χ0) is 10.8. The number of aryl methyl sites for hydroxylation is 1. The Kier molecular flexibility index (Phi) is 10.9. The Balaban J connectivity index is 0. The van der Waals surface area contributed by atoms with Gasteiger partial charge in [0.2, 0.25) is 0 Å². The standard InChI is InChI=1S/C13H15Si.3ClH.Ti/c1-10-6-5-9-13(11(10)2)14-12-7-3-4-8-12;;;;/h3,5-7,9H,4,14H2,1-2H3;3*1H;. The van der Waals surface area contributed by atoms with E-state index in [2.05, 4.69) is 64.6 Å². The molecule has 0 aromatic heterocycles. The van der Waals surface area contributed by atoms with Gasteiger partial charge in [-0.05, 0) is 0 Å². The monoisotopic (exact) mass is 355 g/mol. The van der Waals surface area contributed by atoms with Gasteiger partial charge >= 0.3 is 106 Å². The fourth-order valence-corrected chi connectivity index (χ4v) is 4.50. The van der Waals surface area contributed by atoms with Crippen molar-refractivity contribution in [3.05, 3.63) is 50.6 Å². The van der Waals surface area contributed by atoms with Crippen molar-refractivity contribution in [2.45, 2.75) is 20.3 Å². The second-order valence-electron chi connectivity index (χ2n) is 4.15. The summed E-state index contributed by atoms with van der Waals surface area (Å²) in [5.74, 6) is 0. The molecule has 0 amide bonds. The Morgan fingerprint density at radius 1 is 1.11 bits per heavy atom. The number of hydrogen-bond acceptors (Lipinski definition) is 0. The van der Waals surface area contributed by atoms with Crippen LogP contribution in [0.25, 0.3) is 0 Å². The Bertz CT molecular complexity index is 456. The molecule has 18 heavy (non-hydrogen) atoms. The summed E-state index contributed by atoms with van der Waals surface area (Å²) in [4.78, 5) is 0. The average molecular weight is 357 g/mol. The molecule has 2 rings (SSSR count). The topological polar surface area (TPSA) is 0 Å². The van der Waals surface area contributed by atoms with Crippen molar-refractivity contribution in [1.82, 2.24) is 0 Å². The van der Waals surface area contributed by atoms with Gasteiger partial charge in [0.15, 0.2) is 0 Å². The van der Waals surface area contributed by atoms with Crippen LogP contribution in [0.4, 0.5) is 0 Å². The number of benzene rings is 1. The van der Waals surface area contributed by atoms with E-state index in [1.54, 1.807) is 14.3 Å². The number of allylic oxidation sites excluding steroid dienone is 4. The van der Waals surface area contributed by atoms with Crippen molar-refractivity contribution >= 4 is 51.9 Å². The number of halogens is 3. The molecule has 0 heterocycles. The summed E-state index contributed by atoms with van der Waals surface area (Å²) in [5, 5.41) is 3.25. The molecule has 1 aliphatic rings. The summed E-state index contributed by atoms with van der Waals surface area (Å²) in [6, 6.07) is 6.71. The summed E-state index contributed by atoms with van der Waals surface area (Å²) in [6.07, 6.45) is 5.80. The molecule has 0 atom stereocenters. The molecule has 0 aliphatic heterocycles. The Labute approximate surface area is 142 Å². The molecule has 0 nitrogen and oxygen atoms in total. The fourth-order valence-electron chi connectivity index (χ4n) is 1.92. The van der Waals surface area contributed by atoms with Crippen LogP contribution >= 0.6 is 37.2 Å². The van der Waals surface area contributed by atoms with Crippen LogP contribution < -0.4 is 5.19 Å². The molecule has 1 aromatic carbocycles. The van der Waals surface area contributed by atoms with Crippen molar-refractivity contribution in [1.29, 1.82) is 0 Å². The molecule has 5 heteroatoms. The third kappa shape index (κ3) is 4.88. The van der Waals surface area contributed by atoms with Crippen LogP contribution in [0.3, 0.4) is 0 Å². The maximum atomic E-state index is 2.34. The first-order valence-corrected chi connectivity index (χ1v) is 7.53. The Morgan fingerprint density at radius 3 is 2.33 bits per heavy atom. The van der Waals surface area contributed by atoms with E-state index in [0.29, 0.717) is 0 Å². The first kappa shape index (κ1) is 20.8. The van der Waals surface area contributed by atoms with Gasteiger partial charge in [-0.3, -0.25) is 0 Å². The molecule has 0 radical (unpaired) electrons. The second kappa shape index (κ2) is 9.41. The van der Waals surface area contributed by atoms with Gasteiger partial charge in [-0.15, -0.1) is 37.2 Å². The molecule has 0 bridgehead atoms. The molecular formula is C13H18Cl3SiTi. The van der Waals surface area contributed by atoms with Gasteiger partial charge < -0.3 is 0 Å². The average Bonchev–Trinajstić information content (AvgIpc) is 2.60. The molecule has 0 fully saturated rings. The number of hydrogen-bond donors (Lipinski definition) is 0. The van der Waals surface area contributed by atoms with Crippen molar-refractivity contribution in [2.75, 3.05) is 0 Å². The van der Waals surface area contributed by atoms with Crippen LogP contribution in [0, 0.1) is 13.8 Å². The number of rotatable bonds is 2. The molecular weight excluding hydrogens is 338 g/mol. The predicted octanol–water partition coefficient (Wildman–Crippen LogP) is 3.08. The van der Waals surface area contributed by atoms with Gasteiger partial charge in [-0.25, -0.2) is 0 Å². The summed E-state index contributed by atoms with van der Waals surface area (Å²) in [6.45, 7) is 4.46. The van der Waals surface area contributed by atoms with E-state index in [-0.39, 0.29) is 46.7 Å². The predicted molar refractivity (Wildman–Crippen MR) is 86.6 cm³/mol. The van der Waals surface area contributed by atoms with E-state index in [0.717, 1.165) is 0 Å². The molecule has 99 valence electrons. The van der Waals surface area contributed by atoms with Gasteiger partial charge in [0.1, 0.15) is 0 Å². The normalized spacial score (nSPS) is 13.2. The van der Waals surface area contributed by atoms with Gasteiger partial charge in [0, 0.05) is 0 Å². The third-order valence-electron chi connectivity index (χ3n) is 3.13. The van der Waals surface area contributed by atoms with E-state index in [1.165, 1.54) is 17.5 Å². The van der Waals surface area contributed by atoms with Gasteiger partial charge in [-0.2, -0.15) is 0 Å². The summed E-state index contributed by atoms with van der Waals surface area (Å²) in [7, 11) is -0.240. The second-order valence-corrected chi connectivity index (χ2v) is 6.97. The zero-order valence-electron chi connectivity index (χ0n) is 10.5. The fraction of sp³-hybridized carbons (Fsp3) is 0.231. The maximum Gasteiger partial charge on any atom is -0.147 e. The largest absolute Gasteiger partial charge is 0.147 e. The SMILES string of the molecule is Cc1cccc([SiH2]C2=[C]([Ti])CC=C2)c1C.Cl.Cl.Cl. The van der Waals surface area contributed by atoms with Crippen LogP contribution in [-0.2, 0) is 20.4 Å². The van der Waals surface area contributed by atoms with E-state index in [1.807, 2.05) is 0 Å². The molecule has 0 saturated carbocycles. The molecule has 0 spiro atoms. The third-order valence-corrected chi connectivity index (χ3v) is 6.69. The van der Waals surface area contributed by atoms with E-state index < -0.39 is 0 Å². The molecule has 0 saturated heterocycles.